The molecule has 0 atom stereocenters. The number of rotatable bonds is 5. The van der Waals surface area contributed by atoms with Gasteiger partial charge >= 0.3 is 21.1 Å². The van der Waals surface area contributed by atoms with Crippen molar-refractivity contribution in [2.75, 3.05) is 0 Å². The lowest BCUT2D eigenvalue weighted by atomic mass is 9.49. The van der Waals surface area contributed by atoms with Gasteiger partial charge in [-0.2, -0.15) is 15.3 Å². The van der Waals surface area contributed by atoms with Crippen molar-refractivity contribution in [3.8, 4) is 34.2 Å². The monoisotopic (exact) mass is 999 g/mol. The van der Waals surface area contributed by atoms with E-state index in [0.29, 0.717) is 5.82 Å². The van der Waals surface area contributed by atoms with Gasteiger partial charge in [0.1, 0.15) is 19.0 Å². The van der Waals surface area contributed by atoms with Gasteiger partial charge in [0.15, 0.2) is 17.5 Å². The number of aromatic amines is 1. The topological polar surface area (TPSA) is 158 Å². The minimum atomic E-state index is -0.476. The van der Waals surface area contributed by atoms with Crippen molar-refractivity contribution in [3.63, 3.8) is 0 Å². The average molecular weight is 1000 g/mol. The van der Waals surface area contributed by atoms with Crippen molar-refractivity contribution < 1.29 is 27.9 Å². The highest BCUT2D eigenvalue weighted by molar-refractivity contribution is 9.10. The van der Waals surface area contributed by atoms with Crippen LogP contribution in [0.3, 0.4) is 0 Å². The van der Waals surface area contributed by atoms with Crippen molar-refractivity contribution in [2.24, 2.45) is 14.1 Å². The second kappa shape index (κ2) is 19.1. The standard InChI is InChI=1S/C15H20BN3O2.C12H24B2O4.C9H8BrN3.C8H6BrN3/c1-14(2)15(3,4)21-16(20-14)12-8-6-7-11(9-12)13-17-10-19(5)18-13;1-9(2)10(3,4)16-13(15-9)14-17-11(5,6)12(7,8)18-14;1-13-6-11-9(12-13)7-3-2-4-8(10)5-7;9-7-3-1-2-6(4-7)8-10-5-11-12-8/h6-10H,1-5H3;1-8H3;2-6H,1H3;1-5H,(H,10,11,12). The van der Waals surface area contributed by atoms with Crippen LogP contribution in [-0.2, 0) is 42.0 Å². The molecule has 15 nitrogen and oxygen atoms in total. The summed E-state index contributed by atoms with van der Waals surface area (Å²) in [6.07, 6.45) is 4.88. The summed E-state index contributed by atoms with van der Waals surface area (Å²) in [4.78, 5) is 12.5. The van der Waals surface area contributed by atoms with Gasteiger partial charge in [0.25, 0.3) is 0 Å². The van der Waals surface area contributed by atoms with Crippen LogP contribution >= 0.6 is 31.9 Å². The summed E-state index contributed by atoms with van der Waals surface area (Å²) in [6, 6.07) is 23.8. The number of hydrogen-bond acceptors (Lipinski definition) is 12. The van der Waals surface area contributed by atoms with E-state index in [1.54, 1.807) is 22.0 Å². The van der Waals surface area contributed by atoms with Crippen molar-refractivity contribution in [1.29, 1.82) is 0 Å². The first-order chi connectivity index (χ1) is 29.8. The van der Waals surface area contributed by atoms with Gasteiger partial charge in [-0.15, -0.1) is 0 Å². The molecule has 3 fully saturated rings. The highest BCUT2D eigenvalue weighted by atomic mass is 79.9. The SMILES string of the molecule is Brc1cccc(-c2ncn[nH]2)c1.CC1(C)OB(B2OC(C)(C)C(C)(C)O2)OC1(C)C.Cn1cnc(-c2cccc(B3OC(C)(C)C(C)(C)O3)c2)n1.Cn1cnc(-c2cccc(Br)c2)n1. The number of aryl methyl sites for hydroxylation is 2. The molecule has 0 radical (unpaired) electrons. The van der Waals surface area contributed by atoms with E-state index in [1.165, 1.54) is 6.33 Å². The molecule has 3 aromatic heterocycles. The Morgan fingerprint density at radius 2 is 0.891 bits per heavy atom. The van der Waals surface area contributed by atoms with Crippen molar-refractivity contribution in [3.05, 3.63) is 101 Å². The molecular weight excluding hydrogens is 943 g/mol. The summed E-state index contributed by atoms with van der Waals surface area (Å²) in [5.41, 5.74) is 1.89. The molecule has 6 aromatic rings. The lowest BCUT2D eigenvalue weighted by molar-refractivity contribution is 0.00578. The molecule has 3 aliphatic heterocycles. The van der Waals surface area contributed by atoms with Gasteiger partial charge in [0.05, 0.1) is 33.6 Å². The van der Waals surface area contributed by atoms with Crippen LogP contribution in [0.1, 0.15) is 83.1 Å². The van der Waals surface area contributed by atoms with Crippen molar-refractivity contribution in [2.45, 2.75) is 117 Å². The number of nitrogens with zero attached hydrogens (tertiary/aromatic N) is 8. The van der Waals surface area contributed by atoms with E-state index in [9.17, 15) is 0 Å². The summed E-state index contributed by atoms with van der Waals surface area (Å²) < 4.78 is 41.5. The summed E-state index contributed by atoms with van der Waals surface area (Å²) >= 11 is 6.79. The Balaban J connectivity index is 0.000000145. The van der Waals surface area contributed by atoms with Crippen LogP contribution < -0.4 is 5.46 Å². The van der Waals surface area contributed by atoms with E-state index in [4.69, 9.17) is 27.9 Å². The van der Waals surface area contributed by atoms with Crippen LogP contribution in [0.15, 0.2) is 101 Å². The van der Waals surface area contributed by atoms with E-state index in [1.807, 2.05) is 142 Å². The van der Waals surface area contributed by atoms with Gasteiger partial charge in [-0.1, -0.05) is 80.4 Å². The molecule has 3 aromatic carbocycles. The molecule has 0 unspecified atom stereocenters. The highest BCUT2D eigenvalue weighted by Crippen LogP contribution is 2.43. The highest BCUT2D eigenvalue weighted by Gasteiger charge is 2.63. The smallest absolute Gasteiger partial charge is 0.405 e. The zero-order chi connectivity index (χ0) is 46.9. The molecule has 0 saturated carbocycles. The normalized spacial score (nSPS) is 19.5. The van der Waals surface area contributed by atoms with Gasteiger partial charge in [0, 0.05) is 39.7 Å². The minimum absolute atomic E-state index is 0.336. The third kappa shape index (κ3) is 11.5. The molecule has 0 amide bonds. The molecule has 9 rings (SSSR count). The fourth-order valence-corrected chi connectivity index (χ4v) is 7.15. The first kappa shape index (κ1) is 49.4. The number of halogens is 2. The second-order valence-corrected chi connectivity index (χ2v) is 20.6. The van der Waals surface area contributed by atoms with Crippen LogP contribution in [0, 0.1) is 0 Å². The Labute approximate surface area is 394 Å². The molecule has 64 heavy (non-hydrogen) atoms. The van der Waals surface area contributed by atoms with E-state index < -0.39 is 14.0 Å². The maximum atomic E-state index is 6.08. The summed E-state index contributed by atoms with van der Waals surface area (Å²) in [5, 5.41) is 15.1. The predicted molar refractivity (Wildman–Crippen MR) is 258 cm³/mol. The average Bonchev–Trinajstić information content (AvgIpc) is 4.07. The Morgan fingerprint density at radius 3 is 1.28 bits per heavy atom. The minimum Gasteiger partial charge on any atom is -0.405 e. The third-order valence-corrected chi connectivity index (χ3v) is 13.2. The lowest BCUT2D eigenvalue weighted by Crippen LogP contribution is -2.41. The number of benzene rings is 3. The zero-order valence-corrected chi connectivity index (χ0v) is 42.3. The van der Waals surface area contributed by atoms with E-state index in [-0.39, 0.29) is 40.7 Å². The van der Waals surface area contributed by atoms with Crippen LogP contribution in [-0.4, -0.2) is 99.5 Å². The molecule has 20 heteroatoms. The van der Waals surface area contributed by atoms with Gasteiger partial charge in [-0.25, -0.2) is 15.0 Å². The maximum absolute atomic E-state index is 6.08. The summed E-state index contributed by atoms with van der Waals surface area (Å²) in [7, 11) is 2.40. The molecule has 3 saturated heterocycles. The zero-order valence-electron chi connectivity index (χ0n) is 39.2. The van der Waals surface area contributed by atoms with Crippen molar-refractivity contribution >= 4 is 58.5 Å². The molecule has 6 heterocycles. The molecule has 1 N–H and O–H groups in total. The summed E-state index contributed by atoms with van der Waals surface area (Å²) in [6.45, 7) is 24.4. The number of hydrogen-bond donors (Lipinski definition) is 1. The quantitative estimate of drug-likeness (QED) is 0.165. The predicted octanol–water partition coefficient (Wildman–Crippen LogP) is 8.51. The lowest BCUT2D eigenvalue weighted by Gasteiger charge is -2.32. The van der Waals surface area contributed by atoms with E-state index in [2.05, 4.69) is 94.9 Å². The Hall–Kier alpha value is -4.01. The first-order valence-corrected chi connectivity index (χ1v) is 22.6. The fraction of sp³-hybridized carbons (Fsp3) is 0.455. The van der Waals surface area contributed by atoms with Gasteiger partial charge < -0.3 is 27.9 Å². The first-order valence-electron chi connectivity index (χ1n) is 21.0. The number of aromatic nitrogens is 9. The van der Waals surface area contributed by atoms with Crippen LogP contribution in [0.2, 0.25) is 0 Å². The Kier molecular flexibility index (Phi) is 14.7. The molecular formula is C44H58B3Br2N9O6. The van der Waals surface area contributed by atoms with Crippen LogP contribution in [0.4, 0.5) is 0 Å². The molecule has 0 aliphatic carbocycles. The van der Waals surface area contributed by atoms with Crippen LogP contribution in [0.25, 0.3) is 34.2 Å². The largest absolute Gasteiger partial charge is 0.494 e. The van der Waals surface area contributed by atoms with Crippen molar-refractivity contribution in [1.82, 2.24) is 44.7 Å². The number of nitrogens with one attached hydrogen (secondary N) is 1. The van der Waals surface area contributed by atoms with Crippen LogP contribution in [0.5, 0.6) is 0 Å². The molecule has 0 spiro atoms. The van der Waals surface area contributed by atoms with Gasteiger partial charge in [0.2, 0.25) is 0 Å². The molecule has 0 bridgehead atoms. The summed E-state index contributed by atoms with van der Waals surface area (Å²) in [5.74, 6) is 2.25. The fourth-order valence-electron chi connectivity index (χ4n) is 6.35. The third-order valence-electron chi connectivity index (χ3n) is 12.2. The number of H-pyrrole nitrogens is 1. The Bertz CT molecular complexity index is 2420. The molecule has 338 valence electrons. The maximum Gasteiger partial charge on any atom is 0.494 e. The van der Waals surface area contributed by atoms with E-state index in [0.717, 1.165) is 42.7 Å². The second-order valence-electron chi connectivity index (χ2n) is 18.8. The van der Waals surface area contributed by atoms with Gasteiger partial charge in [-0.05, 0) is 113 Å². The molecule has 3 aliphatic rings. The van der Waals surface area contributed by atoms with E-state index >= 15 is 0 Å². The Morgan fingerprint density at radius 1 is 0.500 bits per heavy atom. The van der Waals surface area contributed by atoms with Gasteiger partial charge in [-0.3, -0.25) is 14.5 Å².